The molecule has 1 aliphatic rings. The van der Waals surface area contributed by atoms with Crippen molar-refractivity contribution in [3.05, 3.63) is 27.1 Å². The van der Waals surface area contributed by atoms with Crippen molar-refractivity contribution in [2.45, 2.75) is 37.1 Å². The molecule has 1 saturated heterocycles. The monoisotopic (exact) mass is 395 g/mol. The summed E-state index contributed by atoms with van der Waals surface area (Å²) >= 11 is 6.65. The fourth-order valence-corrected chi connectivity index (χ4v) is 5.39. The van der Waals surface area contributed by atoms with Gasteiger partial charge in [0.05, 0.1) is 4.90 Å². The minimum absolute atomic E-state index is 0.0784. The van der Waals surface area contributed by atoms with Gasteiger partial charge < -0.3 is 0 Å². The topological polar surface area (TPSA) is 37.4 Å². The summed E-state index contributed by atoms with van der Waals surface area (Å²) in [6.45, 7) is 2.59. The van der Waals surface area contributed by atoms with Gasteiger partial charge in [-0.1, -0.05) is 22.4 Å². The molecule has 0 amide bonds. The molecule has 3 nitrogen and oxygen atoms in total. The van der Waals surface area contributed by atoms with E-state index in [-0.39, 0.29) is 6.04 Å². The summed E-state index contributed by atoms with van der Waals surface area (Å²) < 4.78 is 28.3. The molecule has 1 aromatic carbocycles. The molecular formula is C12H15Br2NO2S. The predicted octanol–water partition coefficient (Wildman–Crippen LogP) is 3.77. The maximum Gasteiger partial charge on any atom is 0.244 e. The summed E-state index contributed by atoms with van der Waals surface area (Å²) in [5, 5.41) is 0. The maximum absolute atomic E-state index is 12.6. The smallest absolute Gasteiger partial charge is 0.207 e. The molecule has 0 radical (unpaired) electrons. The van der Waals surface area contributed by atoms with Crippen molar-refractivity contribution in [1.82, 2.24) is 4.31 Å². The first-order chi connectivity index (χ1) is 8.43. The van der Waals surface area contributed by atoms with Crippen LogP contribution in [0.4, 0.5) is 0 Å². The number of hydrogen-bond acceptors (Lipinski definition) is 2. The Labute approximate surface area is 125 Å². The van der Waals surface area contributed by atoms with E-state index in [9.17, 15) is 8.42 Å². The Morgan fingerprint density at radius 1 is 1.28 bits per heavy atom. The van der Waals surface area contributed by atoms with Crippen molar-refractivity contribution >= 4 is 41.9 Å². The lowest BCUT2D eigenvalue weighted by molar-refractivity contribution is 0.268. The molecule has 100 valence electrons. The van der Waals surface area contributed by atoms with E-state index in [4.69, 9.17) is 0 Å². The average molecular weight is 397 g/mol. The van der Waals surface area contributed by atoms with E-state index in [1.807, 2.05) is 13.0 Å². The number of hydrogen-bond donors (Lipinski definition) is 0. The van der Waals surface area contributed by atoms with Gasteiger partial charge in [0.1, 0.15) is 0 Å². The molecular weight excluding hydrogens is 382 g/mol. The number of rotatable bonds is 2. The summed E-state index contributed by atoms with van der Waals surface area (Å²) in [6, 6.07) is 5.31. The minimum Gasteiger partial charge on any atom is -0.207 e. The zero-order valence-corrected chi connectivity index (χ0v) is 14.1. The first-order valence-electron chi connectivity index (χ1n) is 5.90. The van der Waals surface area contributed by atoms with Gasteiger partial charge in [0, 0.05) is 21.5 Å². The molecule has 0 aliphatic carbocycles. The van der Waals surface area contributed by atoms with Crippen molar-refractivity contribution in [1.29, 1.82) is 0 Å². The zero-order chi connectivity index (χ0) is 13.3. The van der Waals surface area contributed by atoms with Crippen LogP contribution >= 0.6 is 31.9 Å². The standard InChI is InChI=1S/C12H15Br2NO2S/c1-9-4-2-3-7-15(9)18(16,17)12-8-10(13)5-6-11(12)14/h5-6,8-9H,2-4,7H2,1H3. The number of piperidine rings is 1. The summed E-state index contributed by atoms with van der Waals surface area (Å²) in [4.78, 5) is 0.339. The summed E-state index contributed by atoms with van der Waals surface area (Å²) in [6.07, 6.45) is 2.98. The zero-order valence-electron chi connectivity index (χ0n) is 10.1. The van der Waals surface area contributed by atoms with Crippen LogP contribution in [0.2, 0.25) is 0 Å². The fourth-order valence-electron chi connectivity index (χ4n) is 2.23. The van der Waals surface area contributed by atoms with Crippen LogP contribution in [-0.2, 0) is 10.0 Å². The van der Waals surface area contributed by atoms with Crippen LogP contribution in [-0.4, -0.2) is 25.3 Å². The Kier molecular flexibility index (Phi) is 4.52. The molecule has 1 aromatic rings. The molecule has 0 aromatic heterocycles. The first kappa shape index (κ1) is 14.5. The number of halogens is 2. The SMILES string of the molecule is CC1CCCCN1S(=O)(=O)c1cc(Br)ccc1Br. The van der Waals surface area contributed by atoms with E-state index in [0.717, 1.165) is 23.7 Å². The molecule has 1 unspecified atom stereocenters. The van der Waals surface area contributed by atoms with Gasteiger partial charge in [-0.25, -0.2) is 8.42 Å². The Balaban J connectivity index is 2.44. The lowest BCUT2D eigenvalue weighted by Crippen LogP contribution is -2.42. The van der Waals surface area contributed by atoms with Gasteiger partial charge in [-0.15, -0.1) is 0 Å². The van der Waals surface area contributed by atoms with Crippen molar-refractivity contribution in [3.8, 4) is 0 Å². The van der Waals surface area contributed by atoms with Crippen LogP contribution in [0.25, 0.3) is 0 Å². The molecule has 1 aliphatic heterocycles. The number of benzene rings is 1. The van der Waals surface area contributed by atoms with Crippen LogP contribution < -0.4 is 0 Å². The largest absolute Gasteiger partial charge is 0.244 e. The van der Waals surface area contributed by atoms with Crippen LogP contribution in [0.1, 0.15) is 26.2 Å². The molecule has 0 spiro atoms. The van der Waals surface area contributed by atoms with Crippen LogP contribution in [0.3, 0.4) is 0 Å². The summed E-state index contributed by atoms with van der Waals surface area (Å²) in [5.74, 6) is 0. The van der Waals surface area contributed by atoms with E-state index >= 15 is 0 Å². The Morgan fingerprint density at radius 2 is 2.00 bits per heavy atom. The quantitative estimate of drug-likeness (QED) is 0.762. The van der Waals surface area contributed by atoms with E-state index in [0.29, 0.717) is 15.9 Å². The highest BCUT2D eigenvalue weighted by atomic mass is 79.9. The molecule has 18 heavy (non-hydrogen) atoms. The maximum atomic E-state index is 12.6. The number of nitrogens with zero attached hydrogens (tertiary/aromatic N) is 1. The fraction of sp³-hybridized carbons (Fsp3) is 0.500. The van der Waals surface area contributed by atoms with E-state index in [1.54, 1.807) is 16.4 Å². The van der Waals surface area contributed by atoms with Gasteiger partial charge in [-0.05, 0) is 53.9 Å². The van der Waals surface area contributed by atoms with Gasteiger partial charge in [-0.3, -0.25) is 0 Å². The van der Waals surface area contributed by atoms with Crippen molar-refractivity contribution in [2.24, 2.45) is 0 Å². The second kappa shape index (κ2) is 5.61. The minimum atomic E-state index is -3.41. The van der Waals surface area contributed by atoms with Crippen molar-refractivity contribution in [2.75, 3.05) is 6.54 Å². The summed E-state index contributed by atoms with van der Waals surface area (Å²) in [5.41, 5.74) is 0. The van der Waals surface area contributed by atoms with Gasteiger partial charge in [0.15, 0.2) is 0 Å². The third-order valence-corrected chi connectivity index (χ3v) is 6.72. The van der Waals surface area contributed by atoms with Crippen molar-refractivity contribution < 1.29 is 8.42 Å². The first-order valence-corrected chi connectivity index (χ1v) is 8.92. The third kappa shape index (κ3) is 2.81. The summed E-state index contributed by atoms with van der Waals surface area (Å²) in [7, 11) is -3.41. The van der Waals surface area contributed by atoms with E-state index in [2.05, 4.69) is 31.9 Å². The third-order valence-electron chi connectivity index (χ3n) is 3.22. The molecule has 0 bridgehead atoms. The molecule has 2 rings (SSSR count). The molecule has 0 N–H and O–H groups in total. The highest BCUT2D eigenvalue weighted by molar-refractivity contribution is 9.11. The van der Waals surface area contributed by atoms with Gasteiger partial charge in [0.2, 0.25) is 10.0 Å². The Hall–Kier alpha value is 0.0900. The lowest BCUT2D eigenvalue weighted by Gasteiger charge is -2.32. The lowest BCUT2D eigenvalue weighted by atomic mass is 10.1. The highest BCUT2D eigenvalue weighted by Gasteiger charge is 2.32. The predicted molar refractivity (Wildman–Crippen MR) is 79.0 cm³/mol. The molecule has 6 heteroatoms. The molecule has 1 heterocycles. The van der Waals surface area contributed by atoms with Crippen molar-refractivity contribution in [3.63, 3.8) is 0 Å². The van der Waals surface area contributed by atoms with Crippen LogP contribution in [0.15, 0.2) is 32.0 Å². The van der Waals surface area contributed by atoms with E-state index < -0.39 is 10.0 Å². The van der Waals surface area contributed by atoms with Gasteiger partial charge in [0.25, 0.3) is 0 Å². The highest BCUT2D eigenvalue weighted by Crippen LogP contribution is 2.31. The van der Waals surface area contributed by atoms with Crippen LogP contribution in [0, 0.1) is 0 Å². The second-order valence-electron chi connectivity index (χ2n) is 4.54. The number of sulfonamides is 1. The van der Waals surface area contributed by atoms with Gasteiger partial charge >= 0.3 is 0 Å². The van der Waals surface area contributed by atoms with E-state index in [1.165, 1.54) is 0 Å². The molecule has 1 fully saturated rings. The second-order valence-corrected chi connectivity index (χ2v) is 8.16. The Bertz CT molecular complexity index is 545. The normalized spacial score (nSPS) is 22.1. The average Bonchev–Trinajstić information content (AvgIpc) is 2.32. The van der Waals surface area contributed by atoms with Crippen LogP contribution in [0.5, 0.6) is 0 Å². The van der Waals surface area contributed by atoms with Gasteiger partial charge in [-0.2, -0.15) is 4.31 Å². The molecule has 0 saturated carbocycles. The Morgan fingerprint density at radius 3 is 2.67 bits per heavy atom. The molecule has 1 atom stereocenters.